The minimum atomic E-state index is 0.888. The van der Waals surface area contributed by atoms with Crippen LogP contribution in [-0.4, -0.2) is 4.57 Å². The van der Waals surface area contributed by atoms with E-state index in [1.165, 1.54) is 49.0 Å². The summed E-state index contributed by atoms with van der Waals surface area (Å²) in [5.41, 5.74) is 13.2. The second kappa shape index (κ2) is 13.4. The maximum Gasteiger partial charge on any atom is 0.137 e. The third-order valence-electron chi connectivity index (χ3n) is 12.0. The van der Waals surface area contributed by atoms with E-state index in [2.05, 4.69) is 222 Å². The molecular formula is C56H36N2O. The Morgan fingerprint density at radius 3 is 1.88 bits per heavy atom. The summed E-state index contributed by atoms with van der Waals surface area (Å²) < 4.78 is 8.77. The molecule has 12 aromatic rings. The summed E-state index contributed by atoms with van der Waals surface area (Å²) in [7, 11) is 0. The topological polar surface area (TPSA) is 21.3 Å². The van der Waals surface area contributed by atoms with Crippen LogP contribution < -0.4 is 4.90 Å². The average Bonchev–Trinajstić information content (AvgIpc) is 3.86. The Hall–Kier alpha value is -7.88. The highest BCUT2D eigenvalue weighted by atomic mass is 16.3. The lowest BCUT2D eigenvalue weighted by Crippen LogP contribution is -2.09. The molecule has 0 aliphatic heterocycles. The Balaban J connectivity index is 0.981. The first-order chi connectivity index (χ1) is 29.3. The zero-order valence-electron chi connectivity index (χ0n) is 32.1. The molecule has 0 bridgehead atoms. The van der Waals surface area contributed by atoms with E-state index in [4.69, 9.17) is 4.42 Å². The van der Waals surface area contributed by atoms with Gasteiger partial charge in [-0.15, -0.1) is 0 Å². The van der Waals surface area contributed by atoms with Crippen LogP contribution in [0, 0.1) is 0 Å². The van der Waals surface area contributed by atoms with E-state index >= 15 is 0 Å². The highest BCUT2D eigenvalue weighted by Crippen LogP contribution is 2.44. The van der Waals surface area contributed by atoms with E-state index < -0.39 is 0 Å². The van der Waals surface area contributed by atoms with Crippen LogP contribution in [0.3, 0.4) is 0 Å². The van der Waals surface area contributed by atoms with Gasteiger partial charge < -0.3 is 13.9 Å². The van der Waals surface area contributed by atoms with Crippen LogP contribution in [-0.2, 0) is 0 Å². The second-order valence-corrected chi connectivity index (χ2v) is 15.3. The molecule has 0 saturated heterocycles. The summed E-state index contributed by atoms with van der Waals surface area (Å²) in [5.74, 6) is 0. The predicted molar refractivity (Wildman–Crippen MR) is 249 cm³/mol. The Labute approximate surface area is 341 Å². The molecule has 0 saturated carbocycles. The molecule has 0 amide bonds. The molecular weight excluding hydrogens is 717 g/mol. The molecule has 0 fully saturated rings. The number of para-hydroxylation sites is 3. The van der Waals surface area contributed by atoms with Crippen LogP contribution >= 0.6 is 0 Å². The van der Waals surface area contributed by atoms with Crippen molar-refractivity contribution in [3.8, 4) is 27.9 Å². The van der Waals surface area contributed by atoms with Gasteiger partial charge in [-0.2, -0.15) is 0 Å². The summed E-state index contributed by atoms with van der Waals surface area (Å²) in [6.45, 7) is 0. The van der Waals surface area contributed by atoms with Crippen LogP contribution in [0.1, 0.15) is 0 Å². The van der Waals surface area contributed by atoms with Crippen LogP contribution in [0.2, 0.25) is 0 Å². The lowest BCUT2D eigenvalue weighted by Gasteiger charge is -2.26. The SMILES string of the molecule is c1ccc(N(c2ccc(-c3ccc4c(ccc5ccccc54)c3)cc2)c2cccc(-c3cccc4c3c3ccccc3n4-c3cccc4oc5ccccc5c34)c2)cc1. The Morgan fingerprint density at radius 1 is 0.339 bits per heavy atom. The zero-order chi connectivity index (χ0) is 38.9. The normalized spacial score (nSPS) is 11.7. The summed E-state index contributed by atoms with van der Waals surface area (Å²) in [6, 6.07) is 78.7. The largest absolute Gasteiger partial charge is 0.456 e. The van der Waals surface area contributed by atoms with E-state index in [-0.39, 0.29) is 0 Å². The summed E-state index contributed by atoms with van der Waals surface area (Å²) >= 11 is 0. The van der Waals surface area contributed by atoms with Gasteiger partial charge in [-0.1, -0.05) is 146 Å². The van der Waals surface area contributed by atoms with Crippen molar-refractivity contribution in [1.82, 2.24) is 4.57 Å². The molecule has 3 nitrogen and oxygen atoms in total. The highest BCUT2D eigenvalue weighted by Gasteiger charge is 2.21. The molecule has 59 heavy (non-hydrogen) atoms. The van der Waals surface area contributed by atoms with Crippen molar-refractivity contribution >= 4 is 82.4 Å². The maximum absolute atomic E-state index is 6.36. The molecule has 12 rings (SSSR count). The number of fused-ring (bicyclic) bond motifs is 9. The number of hydrogen-bond acceptors (Lipinski definition) is 2. The van der Waals surface area contributed by atoms with Crippen molar-refractivity contribution in [2.45, 2.75) is 0 Å². The number of rotatable bonds is 6. The van der Waals surface area contributed by atoms with Gasteiger partial charge in [0.05, 0.1) is 22.1 Å². The Kier molecular flexibility index (Phi) is 7.54. The van der Waals surface area contributed by atoms with E-state index in [0.717, 1.165) is 61.3 Å². The fourth-order valence-corrected chi connectivity index (χ4v) is 9.29. The first-order valence-electron chi connectivity index (χ1n) is 20.2. The van der Waals surface area contributed by atoms with Crippen molar-refractivity contribution in [2.75, 3.05) is 4.90 Å². The third-order valence-corrected chi connectivity index (χ3v) is 12.0. The molecule has 10 aromatic carbocycles. The van der Waals surface area contributed by atoms with E-state index in [1.807, 2.05) is 6.07 Å². The van der Waals surface area contributed by atoms with Gasteiger partial charge in [-0.3, -0.25) is 0 Å². The first-order valence-corrected chi connectivity index (χ1v) is 20.2. The van der Waals surface area contributed by atoms with Crippen LogP contribution in [0.5, 0.6) is 0 Å². The first kappa shape index (κ1) is 33.3. The van der Waals surface area contributed by atoms with Crippen LogP contribution in [0.15, 0.2) is 223 Å². The molecule has 2 heterocycles. The minimum absolute atomic E-state index is 0.888. The number of anilines is 3. The molecule has 0 N–H and O–H groups in total. The van der Waals surface area contributed by atoms with E-state index in [9.17, 15) is 0 Å². The van der Waals surface area contributed by atoms with Crippen LogP contribution in [0.4, 0.5) is 17.1 Å². The lowest BCUT2D eigenvalue weighted by atomic mass is 9.97. The quantitative estimate of drug-likeness (QED) is 0.158. The van der Waals surface area contributed by atoms with Gasteiger partial charge in [0.2, 0.25) is 0 Å². The van der Waals surface area contributed by atoms with Crippen molar-refractivity contribution in [3.05, 3.63) is 218 Å². The number of nitrogens with zero attached hydrogens (tertiary/aromatic N) is 2. The van der Waals surface area contributed by atoms with Crippen molar-refractivity contribution in [1.29, 1.82) is 0 Å². The molecule has 0 unspecified atom stereocenters. The van der Waals surface area contributed by atoms with Gasteiger partial charge in [0.25, 0.3) is 0 Å². The Bertz CT molecular complexity index is 3560. The van der Waals surface area contributed by atoms with Crippen molar-refractivity contribution in [2.24, 2.45) is 0 Å². The van der Waals surface area contributed by atoms with Gasteiger partial charge >= 0.3 is 0 Å². The molecule has 0 aliphatic rings. The minimum Gasteiger partial charge on any atom is -0.456 e. The van der Waals surface area contributed by atoms with E-state index in [0.29, 0.717) is 0 Å². The summed E-state index contributed by atoms with van der Waals surface area (Å²) in [5, 5.41) is 9.76. The third kappa shape index (κ3) is 5.36. The molecule has 0 radical (unpaired) electrons. The molecule has 0 atom stereocenters. The lowest BCUT2D eigenvalue weighted by molar-refractivity contribution is 0.669. The second-order valence-electron chi connectivity index (χ2n) is 15.3. The van der Waals surface area contributed by atoms with Gasteiger partial charge in [-0.05, 0) is 117 Å². The molecule has 0 spiro atoms. The maximum atomic E-state index is 6.36. The van der Waals surface area contributed by atoms with Gasteiger partial charge in [0.15, 0.2) is 0 Å². The number of furan rings is 1. The smallest absolute Gasteiger partial charge is 0.137 e. The fraction of sp³-hybridized carbons (Fsp3) is 0. The standard InChI is InChI=1S/C56H36N2O/c1-2-15-42(16-3-1)57(43-32-29-37(30-33-43)39-31-34-46-41(35-39)28-27-38-13-4-5-18-45(38)46)44-17-10-14-40(36-44)47-21-11-23-51-55(47)48-19-6-8-22-50(48)58(51)52-24-12-26-54-56(52)49-20-7-9-25-53(49)59-54/h1-36H. The average molecular weight is 753 g/mol. The van der Waals surface area contributed by atoms with Gasteiger partial charge in [-0.25, -0.2) is 0 Å². The van der Waals surface area contributed by atoms with Crippen molar-refractivity contribution in [3.63, 3.8) is 0 Å². The number of benzene rings is 10. The van der Waals surface area contributed by atoms with Gasteiger partial charge in [0.1, 0.15) is 11.2 Å². The van der Waals surface area contributed by atoms with E-state index in [1.54, 1.807) is 0 Å². The highest BCUT2D eigenvalue weighted by molar-refractivity contribution is 6.18. The molecule has 276 valence electrons. The molecule has 0 aliphatic carbocycles. The number of aromatic nitrogens is 1. The Morgan fingerprint density at radius 2 is 0.983 bits per heavy atom. The predicted octanol–water partition coefficient (Wildman–Crippen LogP) is 15.8. The molecule has 3 heteroatoms. The zero-order valence-corrected chi connectivity index (χ0v) is 32.1. The van der Waals surface area contributed by atoms with Crippen LogP contribution in [0.25, 0.3) is 93.2 Å². The summed E-state index contributed by atoms with van der Waals surface area (Å²) in [6.07, 6.45) is 0. The summed E-state index contributed by atoms with van der Waals surface area (Å²) in [4.78, 5) is 2.36. The molecule has 2 aromatic heterocycles. The van der Waals surface area contributed by atoms with Gasteiger partial charge in [0, 0.05) is 33.2 Å². The van der Waals surface area contributed by atoms with Crippen molar-refractivity contribution < 1.29 is 4.42 Å². The number of hydrogen-bond donors (Lipinski definition) is 0. The monoisotopic (exact) mass is 752 g/mol. The fourth-order valence-electron chi connectivity index (χ4n) is 9.29.